The van der Waals surface area contributed by atoms with Gasteiger partial charge in [-0.15, -0.1) is 0 Å². The molecule has 1 aromatic carbocycles. The van der Waals surface area contributed by atoms with Gasteiger partial charge in [-0.2, -0.15) is 0 Å². The molecule has 2 nitrogen and oxygen atoms in total. The van der Waals surface area contributed by atoms with Crippen LogP contribution in [0.5, 0.6) is 0 Å². The Hall–Kier alpha value is -1.38. The number of benzene rings is 1. The van der Waals surface area contributed by atoms with Crippen molar-refractivity contribution in [2.24, 2.45) is 5.92 Å². The van der Waals surface area contributed by atoms with Crippen molar-refractivity contribution in [1.29, 1.82) is 0 Å². The van der Waals surface area contributed by atoms with E-state index in [1.807, 2.05) is 18.2 Å². The summed E-state index contributed by atoms with van der Waals surface area (Å²) in [4.78, 5) is 10.9. The van der Waals surface area contributed by atoms with Crippen molar-refractivity contribution in [3.63, 3.8) is 0 Å². The number of ether oxygens (including phenoxy) is 1. The highest BCUT2D eigenvalue weighted by Crippen LogP contribution is 2.55. The summed E-state index contributed by atoms with van der Waals surface area (Å²) in [5.74, 6) is -0.437. The van der Waals surface area contributed by atoms with Crippen LogP contribution in [0.2, 0.25) is 0 Å². The summed E-state index contributed by atoms with van der Waals surface area (Å²) in [7, 11) is 0. The Morgan fingerprint density at radius 3 is 2.81 bits per heavy atom. The lowest BCUT2D eigenvalue weighted by molar-refractivity contribution is -0.144. The molecule has 0 bridgehead atoms. The zero-order chi connectivity index (χ0) is 11.6. The number of halogens is 1. The second-order valence-corrected chi connectivity index (χ2v) is 4.17. The average Bonchev–Trinajstić information content (AvgIpc) is 3.00. The average molecular weight is 222 g/mol. The van der Waals surface area contributed by atoms with Gasteiger partial charge in [-0.25, -0.2) is 4.39 Å². The maximum absolute atomic E-state index is 14.3. The van der Waals surface area contributed by atoms with E-state index in [1.165, 1.54) is 0 Å². The maximum Gasteiger partial charge on any atom is 0.305 e. The van der Waals surface area contributed by atoms with Gasteiger partial charge in [-0.05, 0) is 12.0 Å². The quantitative estimate of drug-likeness (QED) is 0.732. The molecule has 86 valence electrons. The van der Waals surface area contributed by atoms with Crippen LogP contribution in [-0.4, -0.2) is 12.6 Å². The van der Waals surface area contributed by atoms with Crippen molar-refractivity contribution in [1.82, 2.24) is 0 Å². The largest absolute Gasteiger partial charge is 0.465 e. The molecule has 0 aromatic heterocycles. The molecule has 1 saturated carbocycles. The van der Waals surface area contributed by atoms with E-state index in [2.05, 4.69) is 0 Å². The third-order valence-corrected chi connectivity index (χ3v) is 3.02. The summed E-state index contributed by atoms with van der Waals surface area (Å²) >= 11 is 0. The monoisotopic (exact) mass is 222 g/mol. The van der Waals surface area contributed by atoms with Gasteiger partial charge in [0.25, 0.3) is 0 Å². The molecular formula is C13H15FO2. The molecule has 2 rings (SSSR count). The van der Waals surface area contributed by atoms with Gasteiger partial charge >= 0.3 is 5.97 Å². The number of alkyl halides is 1. The Morgan fingerprint density at radius 1 is 1.50 bits per heavy atom. The maximum atomic E-state index is 14.3. The van der Waals surface area contributed by atoms with Crippen LogP contribution < -0.4 is 0 Å². The zero-order valence-corrected chi connectivity index (χ0v) is 9.28. The van der Waals surface area contributed by atoms with E-state index < -0.39 is 5.67 Å². The van der Waals surface area contributed by atoms with Crippen molar-refractivity contribution < 1.29 is 13.9 Å². The fourth-order valence-electron chi connectivity index (χ4n) is 1.86. The van der Waals surface area contributed by atoms with Crippen molar-refractivity contribution >= 4 is 5.97 Å². The summed E-state index contributed by atoms with van der Waals surface area (Å²) in [5, 5.41) is 0. The highest BCUT2D eigenvalue weighted by molar-refractivity contribution is 5.68. The lowest BCUT2D eigenvalue weighted by atomic mass is 10.1. The number of hydrogen-bond donors (Lipinski definition) is 0. The van der Waals surface area contributed by atoms with Crippen LogP contribution in [0.4, 0.5) is 4.39 Å². The number of rotatable bonds is 4. The Balaban J connectivity index is 1.92. The van der Waals surface area contributed by atoms with Crippen LogP contribution >= 0.6 is 0 Å². The lowest BCUT2D eigenvalue weighted by Gasteiger charge is -2.08. The molecule has 16 heavy (non-hydrogen) atoms. The van der Waals surface area contributed by atoms with E-state index in [4.69, 9.17) is 4.74 Å². The number of hydrogen-bond acceptors (Lipinski definition) is 2. The first-order valence-electron chi connectivity index (χ1n) is 5.57. The fraction of sp³-hybridized carbons (Fsp3) is 0.462. The van der Waals surface area contributed by atoms with Crippen LogP contribution in [-0.2, 0) is 15.2 Å². The Kier molecular flexibility index (Phi) is 2.95. The second-order valence-electron chi connectivity index (χ2n) is 4.17. The van der Waals surface area contributed by atoms with Crippen LogP contribution in [0.3, 0.4) is 0 Å². The minimum Gasteiger partial charge on any atom is -0.465 e. The molecule has 1 aliphatic carbocycles. The first kappa shape index (κ1) is 11.1. The van der Waals surface area contributed by atoms with Gasteiger partial charge in [0.15, 0.2) is 0 Å². The van der Waals surface area contributed by atoms with Crippen molar-refractivity contribution in [3.8, 4) is 0 Å². The number of carbonyl (C=O) groups excluding carboxylic acids is 1. The van der Waals surface area contributed by atoms with Gasteiger partial charge in [0, 0.05) is 12.3 Å². The van der Waals surface area contributed by atoms with Gasteiger partial charge in [-0.1, -0.05) is 37.3 Å². The molecule has 0 saturated heterocycles. The molecule has 0 N–H and O–H groups in total. The third kappa shape index (κ3) is 2.08. The van der Waals surface area contributed by atoms with Gasteiger partial charge in [0.05, 0.1) is 6.61 Å². The van der Waals surface area contributed by atoms with Gasteiger partial charge < -0.3 is 4.74 Å². The molecule has 3 heteroatoms. The van der Waals surface area contributed by atoms with E-state index >= 15 is 0 Å². The Morgan fingerprint density at radius 2 is 2.19 bits per heavy atom. The predicted octanol–water partition coefficient (Wildman–Crippen LogP) is 2.82. The SMILES string of the molecule is CCC(=O)OC[C@H]1C[C@@]1(F)c1ccccc1. The first-order valence-corrected chi connectivity index (χ1v) is 5.57. The standard InChI is InChI=1S/C13H15FO2/c1-2-12(15)16-9-11-8-13(11,14)10-6-4-3-5-7-10/h3-7,11H,2,8-9H2,1H3/t11-,13-/m1/s1. The number of esters is 1. The smallest absolute Gasteiger partial charge is 0.305 e. The van der Waals surface area contributed by atoms with Crippen molar-refractivity contribution in [3.05, 3.63) is 35.9 Å². The van der Waals surface area contributed by atoms with Crippen LogP contribution in [0.15, 0.2) is 30.3 Å². The molecule has 0 unspecified atom stereocenters. The molecule has 0 amide bonds. The van der Waals surface area contributed by atoms with Gasteiger partial charge in [0.2, 0.25) is 0 Å². The summed E-state index contributed by atoms with van der Waals surface area (Å²) in [6.07, 6.45) is 0.797. The fourth-order valence-corrected chi connectivity index (χ4v) is 1.86. The molecule has 0 aliphatic heterocycles. The molecule has 1 fully saturated rings. The molecule has 2 atom stereocenters. The van der Waals surface area contributed by atoms with Crippen LogP contribution in [0.25, 0.3) is 0 Å². The third-order valence-electron chi connectivity index (χ3n) is 3.02. The van der Waals surface area contributed by atoms with Gasteiger partial charge in [0.1, 0.15) is 5.67 Å². The lowest BCUT2D eigenvalue weighted by Crippen LogP contribution is -2.10. The van der Waals surface area contributed by atoms with Crippen molar-refractivity contribution in [2.75, 3.05) is 6.61 Å². The van der Waals surface area contributed by atoms with Crippen molar-refractivity contribution in [2.45, 2.75) is 25.4 Å². The van der Waals surface area contributed by atoms with Crippen LogP contribution in [0.1, 0.15) is 25.3 Å². The first-order chi connectivity index (χ1) is 7.66. The van der Waals surface area contributed by atoms with E-state index in [1.54, 1.807) is 19.1 Å². The summed E-state index contributed by atoms with van der Waals surface area (Å²) in [6.45, 7) is 1.92. The highest BCUT2D eigenvalue weighted by atomic mass is 19.1. The molecule has 0 spiro atoms. The van der Waals surface area contributed by atoms with E-state index in [0.29, 0.717) is 18.4 Å². The minimum atomic E-state index is -1.28. The van der Waals surface area contributed by atoms with Crippen LogP contribution in [0, 0.1) is 5.92 Å². The zero-order valence-electron chi connectivity index (χ0n) is 9.28. The van der Waals surface area contributed by atoms with E-state index in [0.717, 1.165) is 0 Å². The molecule has 0 heterocycles. The molecule has 1 aromatic rings. The predicted molar refractivity (Wildman–Crippen MR) is 58.6 cm³/mol. The summed E-state index contributed by atoms with van der Waals surface area (Å²) in [6, 6.07) is 9.07. The highest BCUT2D eigenvalue weighted by Gasteiger charge is 2.57. The molecular weight excluding hydrogens is 207 g/mol. The summed E-state index contributed by atoms with van der Waals surface area (Å²) in [5.41, 5.74) is -0.595. The molecule has 0 radical (unpaired) electrons. The Bertz CT molecular complexity index is 377. The summed E-state index contributed by atoms with van der Waals surface area (Å²) < 4.78 is 19.2. The normalized spacial score (nSPS) is 27.5. The molecule has 1 aliphatic rings. The van der Waals surface area contributed by atoms with E-state index in [-0.39, 0.29) is 18.5 Å². The van der Waals surface area contributed by atoms with E-state index in [9.17, 15) is 9.18 Å². The topological polar surface area (TPSA) is 26.3 Å². The second kappa shape index (κ2) is 4.24. The van der Waals surface area contributed by atoms with Gasteiger partial charge in [-0.3, -0.25) is 4.79 Å². The minimum absolute atomic E-state index is 0.176. The number of carbonyl (C=O) groups is 1. The Labute approximate surface area is 94.4 Å².